The van der Waals surface area contributed by atoms with Crippen LogP contribution >= 0.6 is 0 Å². The average Bonchev–Trinajstić information content (AvgIpc) is 3.62. The lowest BCUT2D eigenvalue weighted by molar-refractivity contribution is -0.141. The molecule has 37 heavy (non-hydrogen) atoms. The van der Waals surface area contributed by atoms with E-state index in [9.17, 15) is 4.79 Å². The minimum absolute atomic E-state index is 0.0329. The molecule has 0 fully saturated rings. The molecule has 11 nitrogen and oxygen atoms in total. The van der Waals surface area contributed by atoms with Crippen LogP contribution in [-0.4, -0.2) is 52.4 Å². The van der Waals surface area contributed by atoms with E-state index < -0.39 is 0 Å². The van der Waals surface area contributed by atoms with Gasteiger partial charge in [-0.05, 0) is 24.0 Å². The fourth-order valence-corrected chi connectivity index (χ4v) is 4.67. The number of nitrogens with one attached hydrogen (secondary N) is 1. The molecule has 1 aliphatic rings. The first kappa shape index (κ1) is 22.7. The van der Waals surface area contributed by atoms with Gasteiger partial charge in [-0.1, -0.05) is 24.3 Å². The van der Waals surface area contributed by atoms with Crippen LogP contribution in [0, 0.1) is 0 Å². The van der Waals surface area contributed by atoms with Crippen LogP contribution in [0.4, 0.5) is 11.8 Å². The number of fused-ring (bicyclic) bond motifs is 3. The van der Waals surface area contributed by atoms with Crippen molar-refractivity contribution in [2.24, 2.45) is 14.1 Å². The van der Waals surface area contributed by atoms with Crippen LogP contribution in [0.3, 0.4) is 0 Å². The van der Waals surface area contributed by atoms with Crippen LogP contribution in [0.1, 0.15) is 11.3 Å². The number of aromatic nitrogens is 8. The number of benzene rings is 1. The summed E-state index contributed by atoms with van der Waals surface area (Å²) in [6.07, 6.45) is 9.08. The maximum absolute atomic E-state index is 11.5. The zero-order valence-corrected chi connectivity index (χ0v) is 20.7. The molecule has 1 N–H and O–H groups in total. The molecule has 0 saturated heterocycles. The first-order valence-electron chi connectivity index (χ1n) is 11.9. The molecule has 11 heteroatoms. The summed E-state index contributed by atoms with van der Waals surface area (Å²) in [5, 5.41) is 16.6. The van der Waals surface area contributed by atoms with Crippen LogP contribution in [0.25, 0.3) is 33.6 Å². The molecular formula is C26H25N9O2. The molecule has 6 rings (SSSR count). The van der Waals surface area contributed by atoms with Gasteiger partial charge in [-0.3, -0.25) is 18.8 Å². The molecule has 0 saturated carbocycles. The van der Waals surface area contributed by atoms with Gasteiger partial charge in [-0.25, -0.2) is 9.97 Å². The quantitative estimate of drug-likeness (QED) is 0.357. The topological polar surface area (TPSA) is 118 Å². The van der Waals surface area contributed by atoms with Crippen molar-refractivity contribution in [2.75, 3.05) is 12.4 Å². The summed E-state index contributed by atoms with van der Waals surface area (Å²) in [5.74, 6) is 0.596. The SMILES string of the molecule is COC(=O)Cn1ccc(Nc2ncc3c(n2)-c2c(nn(C)c2-c2ccc(-c4cnn(C)c4)cc2)CC3)n1. The number of ether oxygens (including phenoxy) is 1. The third kappa shape index (κ3) is 4.24. The van der Waals surface area contributed by atoms with E-state index in [0.717, 1.165) is 57.7 Å². The minimum atomic E-state index is -0.371. The summed E-state index contributed by atoms with van der Waals surface area (Å²) < 4.78 is 9.93. The van der Waals surface area contributed by atoms with Gasteiger partial charge in [0.25, 0.3) is 0 Å². The molecule has 0 bridgehead atoms. The Balaban J connectivity index is 1.33. The molecule has 0 radical (unpaired) electrons. The number of carbonyl (C=O) groups excluding carboxylic acids is 1. The lowest BCUT2D eigenvalue weighted by atomic mass is 9.91. The second-order valence-corrected chi connectivity index (χ2v) is 8.94. The molecular weight excluding hydrogens is 470 g/mol. The molecule has 0 atom stereocenters. The number of carbonyl (C=O) groups is 1. The lowest BCUT2D eigenvalue weighted by Crippen LogP contribution is -2.12. The van der Waals surface area contributed by atoms with Crippen LogP contribution in [0.5, 0.6) is 0 Å². The van der Waals surface area contributed by atoms with Gasteiger partial charge < -0.3 is 10.1 Å². The summed E-state index contributed by atoms with van der Waals surface area (Å²) in [6.45, 7) is 0.0329. The number of esters is 1. The molecule has 5 aromatic rings. The van der Waals surface area contributed by atoms with Crippen molar-refractivity contribution in [2.45, 2.75) is 19.4 Å². The fraction of sp³-hybridized carbons (Fsp3) is 0.231. The predicted molar refractivity (Wildman–Crippen MR) is 137 cm³/mol. The van der Waals surface area contributed by atoms with Gasteiger partial charge in [0.1, 0.15) is 6.54 Å². The van der Waals surface area contributed by atoms with Crippen molar-refractivity contribution < 1.29 is 9.53 Å². The Bertz CT molecular complexity index is 1610. The van der Waals surface area contributed by atoms with Crippen molar-refractivity contribution in [3.63, 3.8) is 0 Å². The second-order valence-electron chi connectivity index (χ2n) is 8.94. The molecule has 186 valence electrons. The maximum Gasteiger partial charge on any atom is 0.327 e. The Kier molecular flexibility index (Phi) is 5.52. The minimum Gasteiger partial charge on any atom is -0.468 e. The predicted octanol–water partition coefficient (Wildman–Crippen LogP) is 3.16. The molecule has 1 aliphatic carbocycles. The van der Waals surface area contributed by atoms with E-state index >= 15 is 0 Å². The van der Waals surface area contributed by atoms with Crippen molar-refractivity contribution >= 4 is 17.7 Å². The number of hydrogen-bond donors (Lipinski definition) is 1. The molecule has 0 spiro atoms. The van der Waals surface area contributed by atoms with E-state index in [0.29, 0.717) is 11.8 Å². The van der Waals surface area contributed by atoms with Gasteiger partial charge in [0.2, 0.25) is 5.95 Å². The van der Waals surface area contributed by atoms with Gasteiger partial charge in [0.05, 0.1) is 30.4 Å². The summed E-state index contributed by atoms with van der Waals surface area (Å²) in [4.78, 5) is 20.9. The van der Waals surface area contributed by atoms with Crippen LogP contribution in [-0.2, 0) is 43.0 Å². The number of methoxy groups -OCH3 is 1. The van der Waals surface area contributed by atoms with Gasteiger partial charge in [0.15, 0.2) is 5.82 Å². The third-order valence-corrected chi connectivity index (χ3v) is 6.45. The number of rotatable bonds is 6. The molecule has 0 amide bonds. The van der Waals surface area contributed by atoms with Crippen LogP contribution in [0.15, 0.2) is 55.1 Å². The highest BCUT2D eigenvalue weighted by Crippen LogP contribution is 2.40. The highest BCUT2D eigenvalue weighted by Gasteiger charge is 2.27. The Hall–Kier alpha value is -4.80. The number of aryl methyl sites for hydroxylation is 4. The summed E-state index contributed by atoms with van der Waals surface area (Å²) in [5.41, 5.74) is 8.25. The number of nitrogens with zero attached hydrogens (tertiary/aromatic N) is 8. The number of hydrogen-bond acceptors (Lipinski definition) is 8. The third-order valence-electron chi connectivity index (χ3n) is 6.45. The molecule has 0 unspecified atom stereocenters. The standard InChI is InChI=1S/C26H25N9O2/c1-33-14-19(13-28-33)16-4-6-17(7-5-16)25-23-20(31-34(25)2)9-8-18-12-27-26(30-24(18)23)29-21-10-11-35(32-21)15-22(36)37-3/h4-7,10-14H,8-9,15H2,1-3H3,(H,27,29,30,32). The Labute approximate surface area is 212 Å². The largest absolute Gasteiger partial charge is 0.468 e. The zero-order valence-electron chi connectivity index (χ0n) is 20.7. The normalized spacial score (nSPS) is 12.2. The second kappa shape index (κ2) is 9.01. The van der Waals surface area contributed by atoms with Crippen LogP contribution < -0.4 is 5.32 Å². The lowest BCUT2D eigenvalue weighted by Gasteiger charge is -2.17. The van der Waals surface area contributed by atoms with E-state index in [-0.39, 0.29) is 12.5 Å². The van der Waals surface area contributed by atoms with E-state index in [2.05, 4.69) is 44.8 Å². The maximum atomic E-state index is 11.5. The molecule has 4 aromatic heterocycles. The van der Waals surface area contributed by atoms with E-state index in [4.69, 9.17) is 14.8 Å². The summed E-state index contributed by atoms with van der Waals surface area (Å²) in [6, 6.07) is 10.2. The van der Waals surface area contributed by atoms with Gasteiger partial charge in [-0.2, -0.15) is 15.3 Å². The highest BCUT2D eigenvalue weighted by atomic mass is 16.5. The first-order valence-corrected chi connectivity index (χ1v) is 11.9. The first-order chi connectivity index (χ1) is 18.0. The van der Waals surface area contributed by atoms with Crippen molar-refractivity contribution in [1.82, 2.24) is 39.3 Å². The zero-order chi connectivity index (χ0) is 25.5. The van der Waals surface area contributed by atoms with E-state index in [1.807, 2.05) is 37.4 Å². The van der Waals surface area contributed by atoms with E-state index in [1.165, 1.54) is 11.8 Å². The van der Waals surface area contributed by atoms with Gasteiger partial charge in [0, 0.05) is 55.4 Å². The highest BCUT2D eigenvalue weighted by molar-refractivity contribution is 5.85. The van der Waals surface area contributed by atoms with Crippen molar-refractivity contribution in [3.05, 3.63) is 66.4 Å². The fourth-order valence-electron chi connectivity index (χ4n) is 4.67. The Morgan fingerprint density at radius 3 is 2.59 bits per heavy atom. The average molecular weight is 496 g/mol. The molecule has 1 aromatic carbocycles. The van der Waals surface area contributed by atoms with E-state index in [1.54, 1.807) is 16.9 Å². The Morgan fingerprint density at radius 2 is 1.84 bits per heavy atom. The molecule has 0 aliphatic heterocycles. The smallest absolute Gasteiger partial charge is 0.327 e. The number of anilines is 2. The van der Waals surface area contributed by atoms with Crippen molar-refractivity contribution in [3.8, 4) is 33.6 Å². The van der Waals surface area contributed by atoms with Gasteiger partial charge in [-0.15, -0.1) is 0 Å². The van der Waals surface area contributed by atoms with Gasteiger partial charge >= 0.3 is 5.97 Å². The van der Waals surface area contributed by atoms with Crippen molar-refractivity contribution in [1.29, 1.82) is 0 Å². The monoisotopic (exact) mass is 495 g/mol. The summed E-state index contributed by atoms with van der Waals surface area (Å²) >= 11 is 0. The summed E-state index contributed by atoms with van der Waals surface area (Å²) in [7, 11) is 5.23. The Morgan fingerprint density at radius 1 is 1.03 bits per heavy atom. The molecule has 4 heterocycles. The van der Waals surface area contributed by atoms with Crippen LogP contribution in [0.2, 0.25) is 0 Å².